The van der Waals surface area contributed by atoms with Crippen molar-refractivity contribution in [2.45, 2.75) is 54.9 Å². The van der Waals surface area contributed by atoms with E-state index in [1.807, 2.05) is 0 Å². The Balaban J connectivity index is 3.68. The first-order valence-electron chi connectivity index (χ1n) is 8.80. The molecule has 0 aliphatic heterocycles. The van der Waals surface area contributed by atoms with Crippen molar-refractivity contribution in [3.8, 4) is 5.75 Å². The first-order valence-corrected chi connectivity index (χ1v) is 9.60. The molecule has 3 nitrogen and oxygen atoms in total. The summed E-state index contributed by atoms with van der Waals surface area (Å²) in [5, 5.41) is 18.1. The first-order chi connectivity index (χ1) is 16.7. The van der Waals surface area contributed by atoms with E-state index in [0.29, 0.717) is 6.07 Å². The molecule has 0 aliphatic rings. The molecule has 0 radical (unpaired) electrons. The molecule has 0 heterocycles. The Hall–Kier alpha value is -2.03. The summed E-state index contributed by atoms with van der Waals surface area (Å²) in [7, 11) is 0. The molecule has 0 saturated carbocycles. The number of aliphatic hydroxyl groups excluding tert-OH is 2. The molecular formula is C17H8BrF17O3. The average Bonchev–Trinajstić information content (AvgIpc) is 2.77. The van der Waals surface area contributed by atoms with Crippen molar-refractivity contribution in [2.24, 2.45) is 0 Å². The maximum absolute atomic E-state index is 13.9. The summed E-state index contributed by atoms with van der Waals surface area (Å²) < 4.78 is 229. The van der Waals surface area contributed by atoms with E-state index >= 15 is 0 Å². The molecule has 38 heavy (non-hydrogen) atoms. The minimum Gasteiger partial charge on any atom is -0.429 e. The Bertz CT molecular complexity index is 1060. The third-order valence-corrected chi connectivity index (χ3v) is 5.28. The van der Waals surface area contributed by atoms with Crippen LogP contribution >= 0.6 is 15.9 Å². The molecule has 0 spiro atoms. The number of hydrogen-bond acceptors (Lipinski definition) is 3. The van der Waals surface area contributed by atoms with E-state index in [1.165, 1.54) is 0 Å². The van der Waals surface area contributed by atoms with Gasteiger partial charge >= 0.3 is 47.7 Å². The van der Waals surface area contributed by atoms with Crippen LogP contribution in [0.15, 0.2) is 28.4 Å². The van der Waals surface area contributed by atoms with Crippen LogP contribution in [0.2, 0.25) is 0 Å². The molecular weight excluding hydrogens is 655 g/mol. The third kappa shape index (κ3) is 5.00. The SMILES string of the molecule is OCc1cc(OC(F)=C(F)C(F)(F)C(F)(F)C(F)(F)C(F)(F)C(F)(F)C(F)(F)C(F)(F)F)c(CO)cc1Br. The maximum atomic E-state index is 13.9. The van der Waals surface area contributed by atoms with Gasteiger partial charge in [-0.3, -0.25) is 0 Å². The molecule has 220 valence electrons. The number of allylic oxidation sites excluding steroid dienone is 1. The fourth-order valence-electron chi connectivity index (χ4n) is 2.35. The molecule has 1 aromatic carbocycles. The lowest BCUT2D eigenvalue weighted by Crippen LogP contribution is -2.72. The fourth-order valence-corrected chi connectivity index (χ4v) is 2.86. The lowest BCUT2D eigenvalue weighted by Gasteiger charge is -2.41. The molecule has 0 fully saturated rings. The van der Waals surface area contributed by atoms with Crippen LogP contribution in [0.25, 0.3) is 0 Å². The summed E-state index contributed by atoms with van der Waals surface area (Å²) in [5.41, 5.74) is -1.07. The molecule has 0 aliphatic carbocycles. The van der Waals surface area contributed by atoms with Crippen molar-refractivity contribution in [1.82, 2.24) is 0 Å². The van der Waals surface area contributed by atoms with Gasteiger partial charge in [-0.1, -0.05) is 15.9 Å². The van der Waals surface area contributed by atoms with Crippen LogP contribution in [0.4, 0.5) is 74.6 Å². The van der Waals surface area contributed by atoms with E-state index in [4.69, 9.17) is 10.2 Å². The van der Waals surface area contributed by atoms with Crippen LogP contribution in [0, 0.1) is 0 Å². The highest BCUT2D eigenvalue weighted by Gasteiger charge is 2.93. The zero-order valence-corrected chi connectivity index (χ0v) is 18.8. The highest BCUT2D eigenvalue weighted by molar-refractivity contribution is 9.10. The van der Waals surface area contributed by atoms with Gasteiger partial charge in [-0.2, -0.15) is 74.6 Å². The van der Waals surface area contributed by atoms with E-state index in [1.54, 1.807) is 0 Å². The van der Waals surface area contributed by atoms with Gasteiger partial charge < -0.3 is 14.9 Å². The van der Waals surface area contributed by atoms with Gasteiger partial charge in [-0.05, 0) is 17.7 Å². The van der Waals surface area contributed by atoms with E-state index in [2.05, 4.69) is 20.7 Å². The first kappa shape index (κ1) is 34.0. The second-order valence-electron chi connectivity index (χ2n) is 7.00. The average molecular weight is 663 g/mol. The van der Waals surface area contributed by atoms with Crippen molar-refractivity contribution in [2.75, 3.05) is 0 Å². The number of aliphatic hydroxyl groups is 2. The molecule has 0 amide bonds. The normalized spacial score (nSPS) is 15.5. The monoisotopic (exact) mass is 662 g/mol. The van der Waals surface area contributed by atoms with Gasteiger partial charge in [-0.15, -0.1) is 0 Å². The fraction of sp³-hybridized carbons (Fsp3) is 0.529. The number of hydrogen-bond donors (Lipinski definition) is 2. The number of alkyl halides is 15. The largest absolute Gasteiger partial charge is 0.460 e. The number of benzene rings is 1. The van der Waals surface area contributed by atoms with E-state index in [-0.39, 0.29) is 10.0 Å². The minimum atomic E-state index is -8.69. The summed E-state index contributed by atoms with van der Waals surface area (Å²) in [6.07, 6.45) is -7.82. The Kier molecular flexibility index (Phi) is 9.11. The predicted octanol–water partition coefficient (Wildman–Crippen LogP) is 7.29. The predicted molar refractivity (Wildman–Crippen MR) is 91.6 cm³/mol. The molecule has 2 N–H and O–H groups in total. The van der Waals surface area contributed by atoms with Gasteiger partial charge in [-0.25, -0.2) is 0 Å². The molecule has 0 atom stereocenters. The second-order valence-corrected chi connectivity index (χ2v) is 7.86. The van der Waals surface area contributed by atoms with Crippen LogP contribution in [0.5, 0.6) is 5.75 Å². The third-order valence-electron chi connectivity index (χ3n) is 4.55. The number of halogens is 18. The molecule has 1 aromatic rings. The molecule has 1 rings (SSSR count). The van der Waals surface area contributed by atoms with Crippen LogP contribution < -0.4 is 4.74 Å². The van der Waals surface area contributed by atoms with Gasteiger partial charge in [0.15, 0.2) is 0 Å². The quantitative estimate of drug-likeness (QED) is 0.204. The van der Waals surface area contributed by atoms with Gasteiger partial charge in [0.25, 0.3) is 0 Å². The molecule has 0 unspecified atom stereocenters. The lowest BCUT2D eigenvalue weighted by atomic mass is 9.91. The summed E-state index contributed by atoms with van der Waals surface area (Å²) in [5.74, 6) is -55.9. The Morgan fingerprint density at radius 1 is 0.632 bits per heavy atom. The summed E-state index contributed by atoms with van der Waals surface area (Å²) in [4.78, 5) is 0. The second kappa shape index (κ2) is 10.2. The molecule has 0 aromatic heterocycles. The van der Waals surface area contributed by atoms with E-state index < -0.39 is 78.1 Å². The van der Waals surface area contributed by atoms with Crippen molar-refractivity contribution in [1.29, 1.82) is 0 Å². The van der Waals surface area contributed by atoms with E-state index in [9.17, 15) is 74.6 Å². The van der Waals surface area contributed by atoms with Crippen LogP contribution in [0.3, 0.4) is 0 Å². The molecule has 0 saturated heterocycles. The van der Waals surface area contributed by atoms with Crippen LogP contribution in [-0.2, 0) is 13.2 Å². The van der Waals surface area contributed by atoms with Crippen molar-refractivity contribution >= 4 is 15.9 Å². The number of rotatable bonds is 10. The van der Waals surface area contributed by atoms with Gasteiger partial charge in [0.05, 0.1) is 13.2 Å². The van der Waals surface area contributed by atoms with Gasteiger partial charge in [0.1, 0.15) is 5.75 Å². The highest BCUT2D eigenvalue weighted by atomic mass is 79.9. The zero-order valence-electron chi connectivity index (χ0n) is 17.2. The van der Waals surface area contributed by atoms with Crippen LogP contribution in [-0.4, -0.2) is 51.9 Å². The Labute approximate surface area is 206 Å². The van der Waals surface area contributed by atoms with Crippen molar-refractivity contribution in [3.05, 3.63) is 39.6 Å². The van der Waals surface area contributed by atoms with Crippen LogP contribution in [0.1, 0.15) is 11.1 Å². The van der Waals surface area contributed by atoms with Crippen molar-refractivity contribution < 1.29 is 89.6 Å². The molecule has 21 heteroatoms. The Morgan fingerprint density at radius 2 is 1.03 bits per heavy atom. The summed E-state index contributed by atoms with van der Waals surface area (Å²) in [6, 6.07) is -2.51. The summed E-state index contributed by atoms with van der Waals surface area (Å²) in [6.45, 7) is -2.21. The zero-order chi connectivity index (χ0) is 30.5. The lowest BCUT2D eigenvalue weighted by molar-refractivity contribution is -0.451. The van der Waals surface area contributed by atoms with Crippen molar-refractivity contribution in [3.63, 3.8) is 0 Å². The number of ether oxygens (including phenoxy) is 1. The van der Waals surface area contributed by atoms with Gasteiger partial charge in [0, 0.05) is 10.0 Å². The smallest absolute Gasteiger partial charge is 0.429 e. The maximum Gasteiger partial charge on any atom is 0.460 e. The molecule has 0 bridgehead atoms. The van der Waals surface area contributed by atoms with E-state index in [0.717, 1.165) is 6.07 Å². The minimum absolute atomic E-state index is 0.114. The van der Waals surface area contributed by atoms with Gasteiger partial charge in [0.2, 0.25) is 5.83 Å². The topological polar surface area (TPSA) is 49.7 Å². The summed E-state index contributed by atoms with van der Waals surface area (Å²) >= 11 is 2.75. The standard InChI is InChI=1S/C17H8BrF17O3/c18-7-1-6(4-37)8(2-5(7)3-36)38-10(20)9(19)11(21,22)12(23,24)13(25,26)14(27,28)15(29,30)16(31,32)17(33,34)35/h1-2,36-37H,3-4H2. The highest BCUT2D eigenvalue weighted by Crippen LogP contribution is 2.63. The Morgan fingerprint density at radius 3 is 1.42 bits per heavy atom.